The Morgan fingerprint density at radius 1 is 1.05 bits per heavy atom. The highest BCUT2D eigenvalue weighted by Crippen LogP contribution is 2.31. The van der Waals surface area contributed by atoms with Crippen LogP contribution >= 0.6 is 0 Å². The Labute approximate surface area is 114 Å². The largest absolute Gasteiger partial charge is 0.382 e. The summed E-state index contributed by atoms with van der Waals surface area (Å²) in [5.74, 6) is 1.28. The average Bonchev–Trinajstić information content (AvgIpc) is 3.17. The van der Waals surface area contributed by atoms with Crippen LogP contribution in [-0.4, -0.2) is 11.9 Å². The Balaban J connectivity index is 1.54. The molecule has 0 aliphatic heterocycles. The second kappa shape index (κ2) is 5.24. The van der Waals surface area contributed by atoms with Crippen LogP contribution in [0.1, 0.15) is 39.0 Å². The van der Waals surface area contributed by atoms with Gasteiger partial charge in [0.1, 0.15) is 0 Å². The van der Waals surface area contributed by atoms with Crippen LogP contribution in [0.15, 0.2) is 24.3 Å². The Morgan fingerprint density at radius 3 is 2.32 bits per heavy atom. The molecule has 0 heterocycles. The van der Waals surface area contributed by atoms with Gasteiger partial charge < -0.3 is 10.6 Å². The van der Waals surface area contributed by atoms with Crippen molar-refractivity contribution >= 4 is 17.3 Å². The molecule has 2 atom stereocenters. The number of benzene rings is 1. The van der Waals surface area contributed by atoms with Crippen LogP contribution in [0.2, 0.25) is 0 Å². The minimum Gasteiger partial charge on any atom is -0.382 e. The molecule has 0 spiro atoms. The molecular formula is C16H22N2O. The molecule has 0 radical (unpaired) electrons. The summed E-state index contributed by atoms with van der Waals surface area (Å²) in [5.41, 5.74) is 2.06. The monoisotopic (exact) mass is 258 g/mol. The third-order valence-corrected chi connectivity index (χ3v) is 4.17. The van der Waals surface area contributed by atoms with Crippen molar-refractivity contribution in [2.75, 3.05) is 10.6 Å². The first-order valence-electron chi connectivity index (χ1n) is 7.38. The van der Waals surface area contributed by atoms with Gasteiger partial charge in [-0.2, -0.15) is 0 Å². The molecule has 3 nitrogen and oxygen atoms in total. The van der Waals surface area contributed by atoms with Gasteiger partial charge in [-0.25, -0.2) is 0 Å². The highest BCUT2D eigenvalue weighted by atomic mass is 16.2. The third kappa shape index (κ3) is 3.28. The van der Waals surface area contributed by atoms with Crippen LogP contribution in [0.4, 0.5) is 11.4 Å². The molecule has 2 fully saturated rings. The van der Waals surface area contributed by atoms with Crippen molar-refractivity contribution in [3.63, 3.8) is 0 Å². The van der Waals surface area contributed by atoms with Crippen molar-refractivity contribution in [2.24, 2.45) is 11.8 Å². The maximum Gasteiger partial charge on any atom is 0.227 e. The van der Waals surface area contributed by atoms with E-state index in [1.165, 1.54) is 19.3 Å². The van der Waals surface area contributed by atoms with E-state index in [2.05, 4.69) is 29.7 Å². The minimum absolute atomic E-state index is 0.172. The summed E-state index contributed by atoms with van der Waals surface area (Å²) in [6, 6.07) is 8.71. The lowest BCUT2D eigenvalue weighted by atomic mass is 10.1. The predicted octanol–water partition coefficient (Wildman–Crippen LogP) is 3.64. The highest BCUT2D eigenvalue weighted by molar-refractivity contribution is 5.94. The van der Waals surface area contributed by atoms with E-state index in [-0.39, 0.29) is 11.8 Å². The van der Waals surface area contributed by atoms with Gasteiger partial charge in [-0.05, 0) is 62.3 Å². The van der Waals surface area contributed by atoms with E-state index in [4.69, 9.17) is 0 Å². The molecule has 0 bridgehead atoms. The summed E-state index contributed by atoms with van der Waals surface area (Å²) in [6.45, 7) is 2.32. The Morgan fingerprint density at radius 2 is 1.74 bits per heavy atom. The maximum atomic E-state index is 11.6. The van der Waals surface area contributed by atoms with Crippen LogP contribution in [-0.2, 0) is 4.79 Å². The van der Waals surface area contributed by atoms with E-state index in [0.29, 0.717) is 6.04 Å². The lowest BCUT2D eigenvalue weighted by Crippen LogP contribution is -2.15. The van der Waals surface area contributed by atoms with Gasteiger partial charge in [0.05, 0.1) is 0 Å². The summed E-state index contributed by atoms with van der Waals surface area (Å²) in [7, 11) is 0. The molecule has 0 saturated heterocycles. The van der Waals surface area contributed by atoms with Gasteiger partial charge in [0, 0.05) is 23.3 Å². The zero-order valence-electron chi connectivity index (χ0n) is 11.5. The molecule has 1 amide bonds. The first kappa shape index (κ1) is 12.5. The molecule has 2 aliphatic rings. The summed E-state index contributed by atoms with van der Waals surface area (Å²) >= 11 is 0. The molecule has 2 aliphatic carbocycles. The number of hydrogen-bond donors (Lipinski definition) is 2. The topological polar surface area (TPSA) is 41.1 Å². The van der Waals surface area contributed by atoms with Gasteiger partial charge in [-0.3, -0.25) is 4.79 Å². The normalized spacial score (nSPS) is 26.2. The van der Waals surface area contributed by atoms with E-state index in [1.54, 1.807) is 0 Å². The van der Waals surface area contributed by atoms with Crippen molar-refractivity contribution < 1.29 is 4.79 Å². The fourth-order valence-corrected chi connectivity index (χ4v) is 2.81. The van der Waals surface area contributed by atoms with E-state index in [0.717, 1.165) is 30.1 Å². The number of carbonyl (C=O) groups excluding carboxylic acids is 1. The molecule has 2 N–H and O–H groups in total. The van der Waals surface area contributed by atoms with Gasteiger partial charge in [0.25, 0.3) is 0 Å². The molecule has 1 aromatic rings. The van der Waals surface area contributed by atoms with Crippen molar-refractivity contribution in [3.8, 4) is 0 Å². The van der Waals surface area contributed by atoms with Crippen molar-refractivity contribution in [3.05, 3.63) is 24.3 Å². The molecule has 102 valence electrons. The summed E-state index contributed by atoms with van der Waals surface area (Å²) < 4.78 is 0. The quantitative estimate of drug-likeness (QED) is 0.865. The van der Waals surface area contributed by atoms with Crippen LogP contribution < -0.4 is 10.6 Å². The fourth-order valence-electron chi connectivity index (χ4n) is 2.81. The number of hydrogen-bond acceptors (Lipinski definition) is 2. The van der Waals surface area contributed by atoms with Gasteiger partial charge in [-0.15, -0.1) is 0 Å². The van der Waals surface area contributed by atoms with E-state index in [9.17, 15) is 4.79 Å². The number of rotatable bonds is 4. The number of nitrogens with one attached hydrogen (secondary N) is 2. The third-order valence-electron chi connectivity index (χ3n) is 4.17. The fraction of sp³-hybridized carbons (Fsp3) is 0.562. The van der Waals surface area contributed by atoms with Crippen molar-refractivity contribution in [1.82, 2.24) is 0 Å². The Bertz CT molecular complexity index is 450. The highest BCUT2D eigenvalue weighted by Gasteiger charge is 2.29. The molecule has 2 unspecified atom stereocenters. The van der Waals surface area contributed by atoms with E-state index < -0.39 is 0 Å². The van der Waals surface area contributed by atoms with Gasteiger partial charge in [-0.1, -0.05) is 6.92 Å². The average molecular weight is 258 g/mol. The summed E-state index contributed by atoms with van der Waals surface area (Å²) in [4.78, 5) is 11.6. The minimum atomic E-state index is 0.172. The molecule has 19 heavy (non-hydrogen) atoms. The molecule has 2 saturated carbocycles. The SMILES string of the molecule is CC1CCC(Nc2ccc(NC(=O)C3CC3)cc2)C1. The van der Waals surface area contributed by atoms with Crippen LogP contribution in [0.5, 0.6) is 0 Å². The molecule has 0 aromatic heterocycles. The zero-order valence-corrected chi connectivity index (χ0v) is 11.5. The summed E-state index contributed by atoms with van der Waals surface area (Å²) in [5, 5.41) is 6.54. The van der Waals surface area contributed by atoms with Crippen molar-refractivity contribution in [2.45, 2.75) is 45.1 Å². The van der Waals surface area contributed by atoms with Gasteiger partial charge in [0.15, 0.2) is 0 Å². The number of carbonyl (C=O) groups is 1. The van der Waals surface area contributed by atoms with E-state index >= 15 is 0 Å². The van der Waals surface area contributed by atoms with Crippen LogP contribution in [0.25, 0.3) is 0 Å². The first-order valence-corrected chi connectivity index (χ1v) is 7.38. The standard InChI is InChI=1S/C16H22N2O/c1-11-2-5-15(10-11)17-13-6-8-14(9-7-13)18-16(19)12-3-4-12/h6-9,11-12,15,17H,2-5,10H2,1H3,(H,18,19). The van der Waals surface area contributed by atoms with Gasteiger partial charge in [0.2, 0.25) is 5.91 Å². The van der Waals surface area contributed by atoms with Crippen LogP contribution in [0, 0.1) is 11.8 Å². The lowest BCUT2D eigenvalue weighted by molar-refractivity contribution is -0.117. The lowest BCUT2D eigenvalue weighted by Gasteiger charge is -2.14. The molecule has 3 heteroatoms. The molecular weight excluding hydrogens is 236 g/mol. The van der Waals surface area contributed by atoms with E-state index in [1.807, 2.05) is 12.1 Å². The summed E-state index contributed by atoms with van der Waals surface area (Å²) in [6.07, 6.45) is 5.95. The predicted molar refractivity (Wildman–Crippen MR) is 78.2 cm³/mol. The van der Waals surface area contributed by atoms with Gasteiger partial charge >= 0.3 is 0 Å². The zero-order chi connectivity index (χ0) is 13.2. The Hall–Kier alpha value is -1.51. The molecule has 3 rings (SSSR count). The van der Waals surface area contributed by atoms with Crippen molar-refractivity contribution in [1.29, 1.82) is 0 Å². The second-order valence-electron chi connectivity index (χ2n) is 6.10. The second-order valence-corrected chi connectivity index (χ2v) is 6.10. The molecule has 1 aromatic carbocycles. The Kier molecular flexibility index (Phi) is 3.45. The van der Waals surface area contributed by atoms with Crippen LogP contribution in [0.3, 0.4) is 0 Å². The maximum absolute atomic E-state index is 11.6. The number of anilines is 2. The smallest absolute Gasteiger partial charge is 0.227 e. The first-order chi connectivity index (χ1) is 9.20. The number of amides is 1.